The van der Waals surface area contributed by atoms with Gasteiger partial charge in [-0.1, -0.05) is 6.07 Å². The Morgan fingerprint density at radius 2 is 2.24 bits per heavy atom. The van der Waals surface area contributed by atoms with Crippen LogP contribution in [0.25, 0.3) is 0 Å². The minimum atomic E-state index is -0.555. The second-order valence-electron chi connectivity index (χ2n) is 3.58. The molecule has 0 aromatic heterocycles. The summed E-state index contributed by atoms with van der Waals surface area (Å²) in [6.45, 7) is 1.64. The van der Waals surface area contributed by atoms with Gasteiger partial charge in [0.2, 0.25) is 0 Å². The zero-order valence-electron chi connectivity index (χ0n) is 9.51. The summed E-state index contributed by atoms with van der Waals surface area (Å²) in [6, 6.07) is 5.94. The van der Waals surface area contributed by atoms with Crippen LogP contribution in [0.1, 0.15) is 15.9 Å². The van der Waals surface area contributed by atoms with Gasteiger partial charge in [0, 0.05) is 24.7 Å². The van der Waals surface area contributed by atoms with Crippen molar-refractivity contribution in [1.82, 2.24) is 4.90 Å². The molecule has 0 aliphatic rings. The van der Waals surface area contributed by atoms with Crippen LogP contribution in [0.2, 0.25) is 0 Å². The maximum atomic E-state index is 11.9. The smallest absolute Gasteiger partial charge is 0.270 e. The fourth-order valence-corrected chi connectivity index (χ4v) is 1.34. The Labute approximate surface area is 98.2 Å². The number of non-ortho nitro benzene ring substituents is 1. The van der Waals surface area contributed by atoms with Crippen LogP contribution in [-0.4, -0.2) is 29.3 Å². The van der Waals surface area contributed by atoms with Crippen LogP contribution in [0.3, 0.4) is 0 Å². The first-order valence-electron chi connectivity index (χ1n) is 4.85. The minimum absolute atomic E-state index is 0.0546. The number of carbonyl (C=O) groups excluding carboxylic acids is 1. The molecule has 0 atom stereocenters. The summed E-state index contributed by atoms with van der Waals surface area (Å²) in [5.74, 6) is -0.396. The van der Waals surface area contributed by atoms with Crippen LogP contribution in [0.4, 0.5) is 5.69 Å². The molecular formula is C11H11N3O3. The molecule has 1 aromatic carbocycles. The third-order valence-corrected chi connectivity index (χ3v) is 2.32. The monoisotopic (exact) mass is 233 g/mol. The van der Waals surface area contributed by atoms with Crippen molar-refractivity contribution in [2.75, 3.05) is 13.6 Å². The van der Waals surface area contributed by atoms with Gasteiger partial charge in [-0.3, -0.25) is 14.9 Å². The van der Waals surface area contributed by atoms with E-state index in [1.807, 2.05) is 6.07 Å². The molecule has 1 amide bonds. The molecule has 0 N–H and O–H groups in total. The van der Waals surface area contributed by atoms with Gasteiger partial charge in [0.1, 0.15) is 6.54 Å². The Morgan fingerprint density at radius 3 is 2.76 bits per heavy atom. The topological polar surface area (TPSA) is 87.2 Å². The van der Waals surface area contributed by atoms with Gasteiger partial charge in [-0.2, -0.15) is 5.26 Å². The number of carbonyl (C=O) groups is 1. The van der Waals surface area contributed by atoms with Crippen molar-refractivity contribution < 1.29 is 9.72 Å². The standard InChI is InChI=1S/C11H11N3O3/c1-8-3-4-9(14(16)17)7-10(8)11(15)13(2)6-5-12/h3-4,7H,6H2,1-2H3. The van der Waals surface area contributed by atoms with Crippen molar-refractivity contribution in [3.8, 4) is 6.07 Å². The Hall–Kier alpha value is -2.42. The van der Waals surface area contributed by atoms with Crippen molar-refractivity contribution >= 4 is 11.6 Å². The predicted octanol–water partition coefficient (Wildman–Crippen LogP) is 1.50. The van der Waals surface area contributed by atoms with Crippen LogP contribution in [0.5, 0.6) is 0 Å². The van der Waals surface area contributed by atoms with Gasteiger partial charge < -0.3 is 4.90 Å². The fourth-order valence-electron chi connectivity index (χ4n) is 1.34. The fraction of sp³-hybridized carbons (Fsp3) is 0.273. The first-order chi connectivity index (χ1) is 7.97. The third-order valence-electron chi connectivity index (χ3n) is 2.32. The largest absolute Gasteiger partial charge is 0.328 e. The molecule has 0 radical (unpaired) electrons. The molecule has 0 aliphatic carbocycles. The van der Waals surface area contributed by atoms with Gasteiger partial charge in [-0.05, 0) is 12.5 Å². The molecule has 0 unspecified atom stereocenters. The summed E-state index contributed by atoms with van der Waals surface area (Å²) in [6.07, 6.45) is 0. The molecule has 1 aromatic rings. The molecule has 0 saturated heterocycles. The van der Waals surface area contributed by atoms with Crippen LogP contribution in [0.15, 0.2) is 18.2 Å². The molecule has 0 aliphatic heterocycles. The zero-order chi connectivity index (χ0) is 13.0. The number of hydrogen-bond donors (Lipinski definition) is 0. The average Bonchev–Trinajstić information content (AvgIpc) is 2.28. The van der Waals surface area contributed by atoms with Gasteiger partial charge in [0.15, 0.2) is 0 Å². The van der Waals surface area contributed by atoms with Gasteiger partial charge >= 0.3 is 0 Å². The summed E-state index contributed by atoms with van der Waals surface area (Å²) < 4.78 is 0. The van der Waals surface area contributed by atoms with E-state index in [0.717, 1.165) is 0 Å². The van der Waals surface area contributed by atoms with E-state index in [-0.39, 0.29) is 17.8 Å². The summed E-state index contributed by atoms with van der Waals surface area (Å²) in [5.41, 5.74) is 0.756. The normalized spacial score (nSPS) is 9.47. The summed E-state index contributed by atoms with van der Waals surface area (Å²) in [5, 5.41) is 19.1. The first-order valence-corrected chi connectivity index (χ1v) is 4.85. The molecule has 0 fully saturated rings. The van der Waals surface area contributed by atoms with Crippen molar-refractivity contribution in [3.63, 3.8) is 0 Å². The maximum absolute atomic E-state index is 11.9. The molecule has 0 heterocycles. The number of rotatable bonds is 3. The first kappa shape index (κ1) is 12.6. The average molecular weight is 233 g/mol. The molecule has 88 valence electrons. The highest BCUT2D eigenvalue weighted by Crippen LogP contribution is 2.18. The highest BCUT2D eigenvalue weighted by Gasteiger charge is 2.17. The lowest BCUT2D eigenvalue weighted by atomic mass is 10.1. The zero-order valence-corrected chi connectivity index (χ0v) is 9.51. The highest BCUT2D eigenvalue weighted by molar-refractivity contribution is 5.96. The number of nitriles is 1. The Morgan fingerprint density at radius 1 is 1.59 bits per heavy atom. The lowest BCUT2D eigenvalue weighted by Crippen LogP contribution is -2.27. The SMILES string of the molecule is Cc1ccc([N+](=O)[O-])cc1C(=O)N(C)CC#N. The van der Waals surface area contributed by atoms with E-state index in [9.17, 15) is 14.9 Å². The van der Waals surface area contributed by atoms with E-state index in [2.05, 4.69) is 0 Å². The van der Waals surface area contributed by atoms with Crippen LogP contribution >= 0.6 is 0 Å². The molecule has 6 nitrogen and oxygen atoms in total. The van der Waals surface area contributed by atoms with E-state index in [4.69, 9.17) is 5.26 Å². The van der Waals surface area contributed by atoms with Crippen molar-refractivity contribution in [2.45, 2.75) is 6.92 Å². The number of hydrogen-bond acceptors (Lipinski definition) is 4. The number of aryl methyl sites for hydroxylation is 1. The highest BCUT2D eigenvalue weighted by atomic mass is 16.6. The van der Waals surface area contributed by atoms with Gasteiger partial charge in [0.25, 0.3) is 11.6 Å². The van der Waals surface area contributed by atoms with E-state index in [0.29, 0.717) is 5.56 Å². The molecule has 17 heavy (non-hydrogen) atoms. The Kier molecular flexibility index (Phi) is 3.78. The summed E-state index contributed by atoms with van der Waals surface area (Å²) >= 11 is 0. The predicted molar refractivity (Wildman–Crippen MR) is 60.4 cm³/mol. The van der Waals surface area contributed by atoms with Crippen molar-refractivity contribution in [1.29, 1.82) is 5.26 Å². The maximum Gasteiger partial charge on any atom is 0.270 e. The lowest BCUT2D eigenvalue weighted by Gasteiger charge is -2.14. The molecule has 0 spiro atoms. The van der Waals surface area contributed by atoms with Gasteiger partial charge in [-0.25, -0.2) is 0 Å². The Bertz CT molecular complexity index is 505. The van der Waals surface area contributed by atoms with E-state index >= 15 is 0 Å². The van der Waals surface area contributed by atoms with E-state index in [1.54, 1.807) is 6.92 Å². The lowest BCUT2D eigenvalue weighted by molar-refractivity contribution is -0.384. The number of benzene rings is 1. The molecule has 1 rings (SSSR count). The number of nitro benzene ring substituents is 1. The van der Waals surface area contributed by atoms with E-state index in [1.165, 1.54) is 30.1 Å². The summed E-state index contributed by atoms with van der Waals surface area (Å²) in [4.78, 5) is 23.2. The van der Waals surface area contributed by atoms with Gasteiger partial charge in [-0.15, -0.1) is 0 Å². The summed E-state index contributed by atoms with van der Waals surface area (Å²) in [7, 11) is 1.48. The molecule has 0 saturated carbocycles. The molecule has 0 bridgehead atoms. The Balaban J connectivity index is 3.13. The van der Waals surface area contributed by atoms with Crippen molar-refractivity contribution in [2.24, 2.45) is 0 Å². The third kappa shape index (κ3) is 2.78. The molecule has 6 heteroatoms. The number of nitro groups is 1. The van der Waals surface area contributed by atoms with Crippen molar-refractivity contribution in [3.05, 3.63) is 39.4 Å². The molecular weight excluding hydrogens is 222 g/mol. The van der Waals surface area contributed by atoms with E-state index < -0.39 is 10.8 Å². The second kappa shape index (κ2) is 5.07. The van der Waals surface area contributed by atoms with Gasteiger partial charge in [0.05, 0.1) is 11.0 Å². The quantitative estimate of drug-likeness (QED) is 0.449. The number of amides is 1. The second-order valence-corrected chi connectivity index (χ2v) is 3.58. The van der Waals surface area contributed by atoms with Crippen LogP contribution in [0, 0.1) is 28.4 Å². The van der Waals surface area contributed by atoms with Crippen LogP contribution < -0.4 is 0 Å². The minimum Gasteiger partial charge on any atom is -0.328 e. The van der Waals surface area contributed by atoms with Crippen LogP contribution in [-0.2, 0) is 0 Å². The number of nitrogens with zero attached hydrogens (tertiary/aromatic N) is 3.